The van der Waals surface area contributed by atoms with Crippen LogP contribution in [0.2, 0.25) is 0 Å². The van der Waals surface area contributed by atoms with Crippen molar-refractivity contribution < 1.29 is 13.0 Å². The lowest BCUT2D eigenvalue weighted by Crippen LogP contribution is -1.96. The first kappa shape index (κ1) is 11.6. The van der Waals surface area contributed by atoms with Crippen LogP contribution in [0.5, 0.6) is 0 Å². The van der Waals surface area contributed by atoms with Crippen LogP contribution in [0.4, 0.5) is 11.8 Å². The molecule has 0 atom stereocenters. The highest BCUT2D eigenvalue weighted by Crippen LogP contribution is 1.94. The molecule has 0 amide bonds. The minimum atomic E-state index is -3.67. The summed E-state index contributed by atoms with van der Waals surface area (Å²) in [7, 11) is -3.67. The van der Waals surface area contributed by atoms with Crippen LogP contribution in [-0.2, 0) is 10.1 Å². The highest BCUT2D eigenvalue weighted by atomic mass is 32.2. The zero-order valence-electron chi connectivity index (χ0n) is 6.88. The predicted octanol–water partition coefficient (Wildman–Crippen LogP) is -0.855. The number of nitrogens with two attached hydrogens (primary N) is 2. The summed E-state index contributed by atoms with van der Waals surface area (Å²) in [4.78, 5) is 7.24. The third-order valence-electron chi connectivity index (χ3n) is 0.696. The molecule has 0 aromatic carbocycles. The Balaban J connectivity index is 0.000000252. The van der Waals surface area contributed by atoms with Crippen LogP contribution in [0, 0.1) is 0 Å². The summed E-state index contributed by atoms with van der Waals surface area (Å²) < 4.78 is 25.9. The molecule has 8 heteroatoms. The van der Waals surface area contributed by atoms with Gasteiger partial charge in [0.2, 0.25) is 5.95 Å². The molecule has 0 unspecified atom stereocenters. The van der Waals surface area contributed by atoms with E-state index in [1.165, 1.54) is 6.20 Å². The van der Waals surface area contributed by atoms with Gasteiger partial charge in [-0.2, -0.15) is 13.4 Å². The average molecular weight is 206 g/mol. The number of anilines is 2. The van der Waals surface area contributed by atoms with E-state index >= 15 is 0 Å². The summed E-state index contributed by atoms with van der Waals surface area (Å²) in [5.74, 6) is 0.613. The second-order valence-electron chi connectivity index (χ2n) is 2.07. The molecule has 0 fully saturated rings. The van der Waals surface area contributed by atoms with Gasteiger partial charge >= 0.3 is 0 Å². The molecule has 5 N–H and O–H groups in total. The van der Waals surface area contributed by atoms with Crippen LogP contribution in [0.1, 0.15) is 0 Å². The van der Waals surface area contributed by atoms with Crippen LogP contribution in [0.15, 0.2) is 12.3 Å². The number of nitrogen functional groups attached to an aromatic ring is 2. The maximum atomic E-state index is 9.19. The van der Waals surface area contributed by atoms with Crippen molar-refractivity contribution in [1.82, 2.24) is 9.97 Å². The summed E-state index contributed by atoms with van der Waals surface area (Å²) in [5.41, 5.74) is 10.4. The van der Waals surface area contributed by atoms with Crippen molar-refractivity contribution in [3.63, 3.8) is 0 Å². The molecule has 7 nitrogen and oxygen atoms in total. The van der Waals surface area contributed by atoms with Crippen molar-refractivity contribution in [2.75, 3.05) is 17.7 Å². The molecule has 0 aliphatic heterocycles. The van der Waals surface area contributed by atoms with Gasteiger partial charge in [0.25, 0.3) is 10.1 Å². The Morgan fingerprint density at radius 3 is 2.15 bits per heavy atom. The first-order valence-corrected chi connectivity index (χ1v) is 4.90. The average Bonchev–Trinajstić information content (AvgIpc) is 1.81. The Hall–Kier alpha value is -1.41. The summed E-state index contributed by atoms with van der Waals surface area (Å²) in [6.07, 6.45) is 2.23. The molecule has 0 radical (unpaired) electrons. The van der Waals surface area contributed by atoms with Gasteiger partial charge in [-0.05, 0) is 6.07 Å². The van der Waals surface area contributed by atoms with Gasteiger partial charge in [0, 0.05) is 6.20 Å². The summed E-state index contributed by atoms with van der Waals surface area (Å²) in [6.45, 7) is 0. The third kappa shape index (κ3) is 10.6. The quantitative estimate of drug-likeness (QED) is 0.470. The Morgan fingerprint density at radius 1 is 1.46 bits per heavy atom. The fraction of sp³-hybridized carbons (Fsp3) is 0.200. The minimum absolute atomic E-state index is 0.213. The maximum Gasteiger partial charge on any atom is 0.261 e. The molecular weight excluding hydrogens is 196 g/mol. The van der Waals surface area contributed by atoms with E-state index in [0.29, 0.717) is 12.1 Å². The normalized spacial score (nSPS) is 10.0. The minimum Gasteiger partial charge on any atom is -0.384 e. The van der Waals surface area contributed by atoms with Gasteiger partial charge in [-0.25, -0.2) is 4.98 Å². The van der Waals surface area contributed by atoms with Gasteiger partial charge in [0.15, 0.2) is 0 Å². The van der Waals surface area contributed by atoms with Gasteiger partial charge in [0.05, 0.1) is 6.26 Å². The van der Waals surface area contributed by atoms with Crippen molar-refractivity contribution in [1.29, 1.82) is 0 Å². The van der Waals surface area contributed by atoms with Crippen molar-refractivity contribution in [2.24, 2.45) is 0 Å². The Labute approximate surface area is 75.5 Å². The van der Waals surface area contributed by atoms with Crippen molar-refractivity contribution >= 4 is 21.9 Å². The van der Waals surface area contributed by atoms with Gasteiger partial charge < -0.3 is 11.5 Å². The van der Waals surface area contributed by atoms with Gasteiger partial charge in [0.1, 0.15) is 5.82 Å². The number of rotatable bonds is 0. The molecule has 1 aromatic heterocycles. The second kappa shape index (κ2) is 4.58. The number of nitrogens with zero attached hydrogens (tertiary/aromatic N) is 2. The fourth-order valence-corrected chi connectivity index (χ4v) is 0.388. The maximum absolute atomic E-state index is 9.19. The molecular formula is C5H10N4O3S. The number of aromatic nitrogens is 2. The molecule has 74 valence electrons. The van der Waals surface area contributed by atoms with Gasteiger partial charge in [-0.3, -0.25) is 4.55 Å². The zero-order chi connectivity index (χ0) is 10.5. The Kier molecular flexibility index (Phi) is 4.08. The first-order valence-electron chi connectivity index (χ1n) is 3.05. The zero-order valence-corrected chi connectivity index (χ0v) is 7.69. The summed E-state index contributed by atoms with van der Waals surface area (Å²) >= 11 is 0. The number of hydrogen-bond donors (Lipinski definition) is 3. The highest BCUT2D eigenvalue weighted by Gasteiger charge is 1.84. The standard InChI is InChI=1S/C4H6N4.CH4O3S/c5-3-1-2-7-4(6)8-3;1-5(2,3)4/h1-2H,(H4,5,6,7,8);1H3,(H,2,3,4). The highest BCUT2D eigenvalue weighted by molar-refractivity contribution is 7.85. The molecule has 0 aliphatic carbocycles. The molecule has 1 rings (SSSR count). The van der Waals surface area contributed by atoms with E-state index in [4.69, 9.17) is 16.0 Å². The molecule has 0 saturated carbocycles. The van der Waals surface area contributed by atoms with E-state index in [0.717, 1.165) is 0 Å². The Morgan fingerprint density at radius 2 is 1.92 bits per heavy atom. The SMILES string of the molecule is CS(=O)(=O)O.Nc1ccnc(N)n1. The van der Waals surface area contributed by atoms with Crippen LogP contribution in [0.25, 0.3) is 0 Å². The topological polar surface area (TPSA) is 132 Å². The van der Waals surface area contributed by atoms with Crippen LogP contribution in [0.3, 0.4) is 0 Å². The van der Waals surface area contributed by atoms with E-state index in [-0.39, 0.29) is 5.95 Å². The lowest BCUT2D eigenvalue weighted by Gasteiger charge is -1.89. The van der Waals surface area contributed by atoms with Crippen molar-refractivity contribution in [3.05, 3.63) is 12.3 Å². The predicted molar refractivity (Wildman–Crippen MR) is 48.3 cm³/mol. The molecule has 13 heavy (non-hydrogen) atoms. The van der Waals surface area contributed by atoms with E-state index in [1.54, 1.807) is 6.07 Å². The molecule has 0 spiro atoms. The third-order valence-corrected chi connectivity index (χ3v) is 0.696. The van der Waals surface area contributed by atoms with E-state index in [1.807, 2.05) is 0 Å². The van der Waals surface area contributed by atoms with Crippen LogP contribution < -0.4 is 11.5 Å². The molecule has 0 aliphatic rings. The fourth-order valence-electron chi connectivity index (χ4n) is 0.388. The molecule has 0 bridgehead atoms. The van der Waals surface area contributed by atoms with E-state index in [2.05, 4.69) is 9.97 Å². The molecule has 1 heterocycles. The molecule has 1 aromatic rings. The second-order valence-corrected chi connectivity index (χ2v) is 3.54. The lowest BCUT2D eigenvalue weighted by molar-refractivity contribution is 0.490. The Bertz CT molecular complexity index is 339. The van der Waals surface area contributed by atoms with Crippen LogP contribution >= 0.6 is 0 Å². The summed E-state index contributed by atoms with van der Waals surface area (Å²) in [6, 6.07) is 1.58. The smallest absolute Gasteiger partial charge is 0.261 e. The van der Waals surface area contributed by atoms with E-state index < -0.39 is 10.1 Å². The monoisotopic (exact) mass is 206 g/mol. The van der Waals surface area contributed by atoms with E-state index in [9.17, 15) is 8.42 Å². The van der Waals surface area contributed by atoms with Crippen molar-refractivity contribution in [3.8, 4) is 0 Å². The van der Waals surface area contributed by atoms with Crippen molar-refractivity contribution in [2.45, 2.75) is 0 Å². The van der Waals surface area contributed by atoms with Crippen LogP contribution in [-0.4, -0.2) is 29.2 Å². The van der Waals surface area contributed by atoms with Gasteiger partial charge in [-0.1, -0.05) is 0 Å². The van der Waals surface area contributed by atoms with Gasteiger partial charge in [-0.15, -0.1) is 0 Å². The number of hydrogen-bond acceptors (Lipinski definition) is 6. The largest absolute Gasteiger partial charge is 0.384 e. The first-order chi connectivity index (χ1) is 5.79. The molecule has 0 saturated heterocycles. The lowest BCUT2D eigenvalue weighted by atomic mass is 10.6. The summed E-state index contributed by atoms with van der Waals surface area (Å²) in [5, 5.41) is 0.